The molecule has 5 amide bonds. The van der Waals surface area contributed by atoms with Crippen molar-refractivity contribution < 1.29 is 33.9 Å². The zero-order chi connectivity index (χ0) is 25.2. The van der Waals surface area contributed by atoms with Crippen molar-refractivity contribution in [1.82, 2.24) is 16.0 Å². The number of aliphatic carboxylic acids is 1. The molecular formula is C19H34N6O7. The van der Waals surface area contributed by atoms with Crippen LogP contribution in [0.25, 0.3) is 0 Å². The lowest BCUT2D eigenvalue weighted by Crippen LogP contribution is -2.59. The third-order valence-electron chi connectivity index (χ3n) is 4.60. The molecule has 0 aromatic carbocycles. The number of hydrogen-bond donors (Lipinski definition) is 7. The molecule has 0 spiro atoms. The normalized spacial score (nSPS) is 14.7. The predicted octanol–water partition coefficient (Wildman–Crippen LogP) is -2.69. The Morgan fingerprint density at radius 2 is 1.28 bits per heavy atom. The molecule has 0 saturated carbocycles. The van der Waals surface area contributed by atoms with Crippen molar-refractivity contribution in [3.05, 3.63) is 0 Å². The molecule has 13 nitrogen and oxygen atoms in total. The minimum absolute atomic E-state index is 0.135. The van der Waals surface area contributed by atoms with Gasteiger partial charge in [-0.2, -0.15) is 0 Å². The topological polar surface area (TPSA) is 237 Å². The number of hydrogen-bond acceptors (Lipinski definition) is 7. The van der Waals surface area contributed by atoms with E-state index in [9.17, 15) is 28.8 Å². The van der Waals surface area contributed by atoms with Gasteiger partial charge in [0.05, 0.1) is 12.5 Å². The van der Waals surface area contributed by atoms with E-state index in [1.54, 1.807) is 27.7 Å². The summed E-state index contributed by atoms with van der Waals surface area (Å²) in [5, 5.41) is 16.2. The summed E-state index contributed by atoms with van der Waals surface area (Å²) in [6.07, 6.45) is -0.985. The van der Waals surface area contributed by atoms with Crippen LogP contribution in [0.15, 0.2) is 0 Å². The van der Waals surface area contributed by atoms with E-state index in [-0.39, 0.29) is 18.8 Å². The molecule has 0 aromatic rings. The Kier molecular flexibility index (Phi) is 11.9. The molecular weight excluding hydrogens is 424 g/mol. The fraction of sp³-hybridized carbons (Fsp3) is 0.684. The predicted molar refractivity (Wildman–Crippen MR) is 113 cm³/mol. The van der Waals surface area contributed by atoms with Crippen LogP contribution in [0.2, 0.25) is 0 Å². The van der Waals surface area contributed by atoms with Crippen molar-refractivity contribution >= 4 is 35.5 Å². The average molecular weight is 459 g/mol. The number of carbonyl (C=O) groups is 6. The highest BCUT2D eigenvalue weighted by molar-refractivity contribution is 5.95. The zero-order valence-corrected chi connectivity index (χ0v) is 18.7. The van der Waals surface area contributed by atoms with Crippen LogP contribution in [0.5, 0.6) is 0 Å². The summed E-state index contributed by atoms with van der Waals surface area (Å²) in [7, 11) is 0. The van der Waals surface area contributed by atoms with E-state index < -0.39 is 72.0 Å². The van der Waals surface area contributed by atoms with E-state index in [1.807, 2.05) is 0 Å². The van der Waals surface area contributed by atoms with Gasteiger partial charge in [0.25, 0.3) is 0 Å². The van der Waals surface area contributed by atoms with Crippen LogP contribution in [-0.4, -0.2) is 64.8 Å². The zero-order valence-electron chi connectivity index (χ0n) is 18.7. The summed E-state index contributed by atoms with van der Waals surface area (Å²) in [5.41, 5.74) is 15.9. The van der Waals surface area contributed by atoms with E-state index in [1.165, 1.54) is 0 Å². The summed E-state index contributed by atoms with van der Waals surface area (Å²) >= 11 is 0. The number of carboxylic acid groups (broad SMARTS) is 1. The van der Waals surface area contributed by atoms with Gasteiger partial charge in [0.15, 0.2) is 0 Å². The Bertz CT molecular complexity index is 725. The van der Waals surface area contributed by atoms with Crippen LogP contribution in [-0.2, 0) is 28.8 Å². The Morgan fingerprint density at radius 1 is 0.750 bits per heavy atom. The third kappa shape index (κ3) is 10.2. The van der Waals surface area contributed by atoms with Crippen molar-refractivity contribution in [3.8, 4) is 0 Å². The molecule has 0 fully saturated rings. The van der Waals surface area contributed by atoms with Gasteiger partial charge < -0.3 is 38.3 Å². The molecule has 4 atom stereocenters. The molecule has 0 aromatic heterocycles. The molecule has 13 heteroatoms. The smallest absolute Gasteiger partial charge is 0.326 e. The van der Waals surface area contributed by atoms with Gasteiger partial charge in [-0.25, -0.2) is 4.79 Å². The Hall–Kier alpha value is -3.22. The molecule has 10 N–H and O–H groups in total. The highest BCUT2D eigenvalue weighted by atomic mass is 16.4. The molecule has 0 heterocycles. The summed E-state index contributed by atoms with van der Waals surface area (Å²) in [5.74, 6) is -6.08. The lowest BCUT2D eigenvalue weighted by atomic mass is 10.0. The van der Waals surface area contributed by atoms with Gasteiger partial charge in [0.2, 0.25) is 29.5 Å². The maximum atomic E-state index is 12.8. The third-order valence-corrected chi connectivity index (χ3v) is 4.60. The molecule has 0 aliphatic heterocycles. The van der Waals surface area contributed by atoms with Gasteiger partial charge in [0, 0.05) is 6.42 Å². The first-order valence-corrected chi connectivity index (χ1v) is 10.1. The fourth-order valence-electron chi connectivity index (χ4n) is 2.58. The van der Waals surface area contributed by atoms with Crippen molar-refractivity contribution in [2.75, 3.05) is 0 Å². The van der Waals surface area contributed by atoms with Crippen LogP contribution in [0.4, 0.5) is 0 Å². The van der Waals surface area contributed by atoms with E-state index in [0.29, 0.717) is 0 Å². The SMILES string of the molecule is CC(C)C(N)C(=O)NC(CCC(N)=O)C(=O)NC(C(=O)NC(CC(N)=O)C(=O)O)C(C)C. The highest BCUT2D eigenvalue weighted by Gasteiger charge is 2.32. The number of amides is 5. The highest BCUT2D eigenvalue weighted by Crippen LogP contribution is 2.07. The fourth-order valence-corrected chi connectivity index (χ4v) is 2.58. The van der Waals surface area contributed by atoms with Gasteiger partial charge in [-0.1, -0.05) is 27.7 Å². The molecule has 182 valence electrons. The number of carbonyl (C=O) groups excluding carboxylic acids is 5. The van der Waals surface area contributed by atoms with Gasteiger partial charge in [-0.3, -0.25) is 24.0 Å². The van der Waals surface area contributed by atoms with Crippen molar-refractivity contribution in [1.29, 1.82) is 0 Å². The van der Waals surface area contributed by atoms with E-state index in [0.717, 1.165) is 0 Å². The van der Waals surface area contributed by atoms with Crippen LogP contribution in [0.1, 0.15) is 47.0 Å². The Labute approximate surface area is 186 Å². The second-order valence-electron chi connectivity index (χ2n) is 8.14. The Balaban J connectivity index is 5.51. The quantitative estimate of drug-likeness (QED) is 0.144. The van der Waals surface area contributed by atoms with Crippen LogP contribution in [0, 0.1) is 11.8 Å². The van der Waals surface area contributed by atoms with Crippen LogP contribution >= 0.6 is 0 Å². The number of rotatable bonds is 14. The van der Waals surface area contributed by atoms with Crippen molar-refractivity contribution in [2.45, 2.75) is 71.1 Å². The van der Waals surface area contributed by atoms with Gasteiger partial charge >= 0.3 is 5.97 Å². The lowest BCUT2D eigenvalue weighted by molar-refractivity contribution is -0.144. The summed E-state index contributed by atoms with van der Waals surface area (Å²) in [4.78, 5) is 71.2. The lowest BCUT2D eigenvalue weighted by Gasteiger charge is -2.27. The van der Waals surface area contributed by atoms with Gasteiger partial charge in [-0.15, -0.1) is 0 Å². The second-order valence-corrected chi connectivity index (χ2v) is 8.14. The molecule has 0 radical (unpaired) electrons. The molecule has 0 aliphatic rings. The molecule has 0 rings (SSSR count). The van der Waals surface area contributed by atoms with Crippen LogP contribution in [0.3, 0.4) is 0 Å². The minimum Gasteiger partial charge on any atom is -0.480 e. The molecule has 0 aliphatic carbocycles. The van der Waals surface area contributed by atoms with E-state index >= 15 is 0 Å². The van der Waals surface area contributed by atoms with E-state index in [2.05, 4.69) is 16.0 Å². The van der Waals surface area contributed by atoms with Crippen molar-refractivity contribution in [2.24, 2.45) is 29.0 Å². The molecule has 0 saturated heterocycles. The Morgan fingerprint density at radius 3 is 1.69 bits per heavy atom. The summed E-state index contributed by atoms with van der Waals surface area (Å²) in [6, 6.07) is -4.90. The standard InChI is InChI=1S/C19H34N6O7/c1-8(2)14(22)17(29)23-10(5-6-12(20)26)16(28)25-15(9(3)4)18(30)24-11(19(31)32)7-13(21)27/h8-11,14-15H,5-7,22H2,1-4H3,(H2,20,26)(H2,21,27)(H,23,29)(H,24,30)(H,25,28)(H,31,32). The van der Waals surface area contributed by atoms with Gasteiger partial charge in [0.1, 0.15) is 18.1 Å². The van der Waals surface area contributed by atoms with Crippen molar-refractivity contribution in [3.63, 3.8) is 0 Å². The molecule has 4 unspecified atom stereocenters. The van der Waals surface area contributed by atoms with E-state index in [4.69, 9.17) is 22.3 Å². The summed E-state index contributed by atoms with van der Waals surface area (Å²) in [6.45, 7) is 6.62. The monoisotopic (exact) mass is 458 g/mol. The van der Waals surface area contributed by atoms with Crippen LogP contribution < -0.4 is 33.2 Å². The minimum atomic E-state index is -1.58. The first kappa shape index (κ1) is 28.8. The number of nitrogens with two attached hydrogens (primary N) is 3. The second kappa shape index (κ2) is 13.2. The number of primary amides is 2. The van der Waals surface area contributed by atoms with Gasteiger partial charge in [-0.05, 0) is 18.3 Å². The average Bonchev–Trinajstić information content (AvgIpc) is 2.66. The maximum absolute atomic E-state index is 12.8. The first-order chi connectivity index (χ1) is 14.7. The molecule has 0 bridgehead atoms. The number of carboxylic acids is 1. The summed E-state index contributed by atoms with van der Waals surface area (Å²) < 4.78 is 0. The molecule has 32 heavy (non-hydrogen) atoms. The number of nitrogens with one attached hydrogen (secondary N) is 3. The first-order valence-electron chi connectivity index (χ1n) is 10.1. The maximum Gasteiger partial charge on any atom is 0.326 e. The largest absolute Gasteiger partial charge is 0.480 e.